The second-order valence-corrected chi connectivity index (χ2v) is 4.62. The first-order valence-corrected chi connectivity index (χ1v) is 6.73. The number of para-hydroxylation sites is 1. The first-order chi connectivity index (χ1) is 11.4. The summed E-state index contributed by atoms with van der Waals surface area (Å²) in [7, 11) is 0. The van der Waals surface area contributed by atoms with Crippen molar-refractivity contribution >= 4 is 11.9 Å². The number of halogens is 3. The molecule has 0 saturated carbocycles. The number of alkyl halides is 3. The summed E-state index contributed by atoms with van der Waals surface area (Å²) in [4.78, 5) is 5.29. The highest BCUT2D eigenvalue weighted by Gasteiger charge is 2.30. The first kappa shape index (κ1) is 17.3. The lowest BCUT2D eigenvalue weighted by Gasteiger charge is -2.09. The molecule has 0 fully saturated rings. The first-order valence-electron chi connectivity index (χ1n) is 6.73. The zero-order valence-electron chi connectivity index (χ0n) is 12.5. The molecule has 0 unspecified atom stereocenters. The molecule has 126 valence electrons. The van der Waals surface area contributed by atoms with Gasteiger partial charge in [0.15, 0.2) is 5.75 Å². The highest BCUT2D eigenvalue weighted by Crippen LogP contribution is 2.23. The molecule has 8 heteroatoms. The molecule has 0 aliphatic carbocycles. The zero-order valence-corrected chi connectivity index (χ0v) is 12.5. The molecular weight excluding hydrogens is 325 g/mol. The van der Waals surface area contributed by atoms with Gasteiger partial charge in [-0.2, -0.15) is 0 Å². The summed E-state index contributed by atoms with van der Waals surface area (Å²) in [6.07, 6.45) is -3.53. The number of oxime groups is 2. The minimum atomic E-state index is -4.73. The van der Waals surface area contributed by atoms with E-state index in [1.165, 1.54) is 30.5 Å². The Labute approximate surface area is 135 Å². The molecule has 0 spiro atoms. The van der Waals surface area contributed by atoms with Gasteiger partial charge in [-0.25, -0.2) is 0 Å². The highest BCUT2D eigenvalue weighted by atomic mass is 19.4. The van der Waals surface area contributed by atoms with Gasteiger partial charge in [0.1, 0.15) is 5.75 Å². The van der Waals surface area contributed by atoms with Gasteiger partial charge in [-0.05, 0) is 48.9 Å². The van der Waals surface area contributed by atoms with Crippen LogP contribution in [0.4, 0.5) is 13.2 Å². The fourth-order valence-corrected chi connectivity index (χ4v) is 1.80. The number of nitrogens with zero attached hydrogens (tertiary/aromatic N) is 2. The van der Waals surface area contributed by atoms with Crippen molar-refractivity contribution in [3.63, 3.8) is 0 Å². The number of ether oxygens (including phenoxy) is 1. The molecule has 2 rings (SSSR count). The fraction of sp³-hybridized carbons (Fsp3) is 0.125. The summed E-state index contributed by atoms with van der Waals surface area (Å²) < 4.78 is 40.1. The van der Waals surface area contributed by atoms with Crippen molar-refractivity contribution in [1.82, 2.24) is 0 Å². The molecule has 0 aromatic heterocycles. The van der Waals surface area contributed by atoms with Crippen LogP contribution in [0.3, 0.4) is 0 Å². The molecular formula is C16H13F3N2O3. The monoisotopic (exact) mass is 338 g/mol. The summed E-state index contributed by atoms with van der Waals surface area (Å²) in [6.45, 7) is 1.64. The maximum Gasteiger partial charge on any atom is 0.573 e. The van der Waals surface area contributed by atoms with Crippen molar-refractivity contribution in [2.24, 2.45) is 10.3 Å². The maximum atomic E-state index is 12.1. The van der Waals surface area contributed by atoms with Crippen molar-refractivity contribution in [1.29, 1.82) is 0 Å². The SMILES string of the molecule is CC(=NOc1ccccc1C=NO)c1ccc(OC(F)(F)F)cc1. The standard InChI is InChI=1S/C16H13F3N2O3/c1-11(12-6-8-14(9-7-12)23-16(17,18)19)21-24-15-5-3-2-4-13(15)10-20-22/h2-10,22H,1H3. The van der Waals surface area contributed by atoms with Crippen LogP contribution < -0.4 is 9.57 Å². The van der Waals surface area contributed by atoms with E-state index in [1.54, 1.807) is 31.2 Å². The summed E-state index contributed by atoms with van der Waals surface area (Å²) in [5.41, 5.74) is 1.53. The van der Waals surface area contributed by atoms with Crippen LogP contribution >= 0.6 is 0 Å². The predicted octanol–water partition coefficient (Wildman–Crippen LogP) is 4.20. The molecule has 0 saturated heterocycles. The zero-order chi connectivity index (χ0) is 17.6. The Balaban J connectivity index is 2.11. The number of benzene rings is 2. The summed E-state index contributed by atoms with van der Waals surface area (Å²) in [6, 6.07) is 12.0. The van der Waals surface area contributed by atoms with E-state index in [4.69, 9.17) is 10.0 Å². The normalized spacial score (nSPS) is 12.4. The third-order valence-electron chi connectivity index (χ3n) is 2.90. The van der Waals surface area contributed by atoms with Crippen LogP contribution in [-0.2, 0) is 0 Å². The molecule has 1 N–H and O–H groups in total. The minimum Gasteiger partial charge on any atom is -0.411 e. The Morgan fingerprint density at radius 3 is 2.38 bits per heavy atom. The van der Waals surface area contributed by atoms with E-state index in [0.29, 0.717) is 22.6 Å². The van der Waals surface area contributed by atoms with E-state index in [0.717, 1.165) is 0 Å². The molecule has 0 heterocycles. The van der Waals surface area contributed by atoms with Gasteiger partial charge < -0.3 is 14.8 Å². The van der Waals surface area contributed by atoms with Gasteiger partial charge in [-0.15, -0.1) is 13.2 Å². The maximum absolute atomic E-state index is 12.1. The second-order valence-electron chi connectivity index (χ2n) is 4.62. The van der Waals surface area contributed by atoms with Crippen molar-refractivity contribution in [2.45, 2.75) is 13.3 Å². The van der Waals surface area contributed by atoms with Gasteiger partial charge in [0.2, 0.25) is 0 Å². The average Bonchev–Trinajstić information content (AvgIpc) is 2.53. The quantitative estimate of drug-likeness (QED) is 0.505. The van der Waals surface area contributed by atoms with Crippen LogP contribution in [0.1, 0.15) is 18.1 Å². The van der Waals surface area contributed by atoms with E-state index >= 15 is 0 Å². The average molecular weight is 338 g/mol. The van der Waals surface area contributed by atoms with Crippen LogP contribution in [0, 0.1) is 0 Å². The lowest BCUT2D eigenvalue weighted by molar-refractivity contribution is -0.274. The van der Waals surface area contributed by atoms with E-state index in [1.807, 2.05) is 0 Å². The molecule has 2 aromatic carbocycles. The van der Waals surface area contributed by atoms with Crippen molar-refractivity contribution in [2.75, 3.05) is 0 Å². The molecule has 0 bridgehead atoms. The molecule has 0 atom stereocenters. The Bertz CT molecular complexity index is 741. The predicted molar refractivity (Wildman–Crippen MR) is 81.8 cm³/mol. The van der Waals surface area contributed by atoms with Crippen LogP contribution in [0.5, 0.6) is 11.5 Å². The Morgan fingerprint density at radius 2 is 1.75 bits per heavy atom. The molecule has 0 aliphatic heterocycles. The smallest absolute Gasteiger partial charge is 0.411 e. The Hall–Kier alpha value is -3.03. The number of hydrogen-bond acceptors (Lipinski definition) is 5. The van der Waals surface area contributed by atoms with Gasteiger partial charge >= 0.3 is 6.36 Å². The highest BCUT2D eigenvalue weighted by molar-refractivity contribution is 5.98. The van der Waals surface area contributed by atoms with Gasteiger partial charge in [0.25, 0.3) is 0 Å². The van der Waals surface area contributed by atoms with E-state index in [9.17, 15) is 13.2 Å². The van der Waals surface area contributed by atoms with E-state index < -0.39 is 6.36 Å². The second kappa shape index (κ2) is 7.49. The lowest BCUT2D eigenvalue weighted by atomic mass is 10.1. The van der Waals surface area contributed by atoms with Crippen LogP contribution in [0.25, 0.3) is 0 Å². The third kappa shape index (κ3) is 5.01. The summed E-state index contributed by atoms with van der Waals surface area (Å²) in [5, 5.41) is 15.4. The molecule has 0 aliphatic rings. The largest absolute Gasteiger partial charge is 0.573 e. The fourth-order valence-electron chi connectivity index (χ4n) is 1.80. The van der Waals surface area contributed by atoms with Crippen molar-refractivity contribution in [3.05, 3.63) is 59.7 Å². The number of hydrogen-bond donors (Lipinski definition) is 1. The van der Waals surface area contributed by atoms with Gasteiger partial charge in [-0.1, -0.05) is 22.4 Å². The van der Waals surface area contributed by atoms with Crippen LogP contribution in [0.15, 0.2) is 58.8 Å². The third-order valence-corrected chi connectivity index (χ3v) is 2.90. The minimum absolute atomic E-state index is 0.315. The lowest BCUT2D eigenvalue weighted by Crippen LogP contribution is -2.17. The van der Waals surface area contributed by atoms with Crippen molar-refractivity contribution < 1.29 is 28.0 Å². The molecule has 2 aromatic rings. The Morgan fingerprint density at radius 1 is 1.08 bits per heavy atom. The van der Waals surface area contributed by atoms with E-state index in [2.05, 4.69) is 15.0 Å². The molecule has 0 amide bonds. The molecule has 0 radical (unpaired) electrons. The topological polar surface area (TPSA) is 63.4 Å². The van der Waals surface area contributed by atoms with Crippen molar-refractivity contribution in [3.8, 4) is 11.5 Å². The summed E-state index contributed by atoms with van der Waals surface area (Å²) in [5.74, 6) is 0.0520. The summed E-state index contributed by atoms with van der Waals surface area (Å²) >= 11 is 0. The van der Waals surface area contributed by atoms with Gasteiger partial charge in [0.05, 0.1) is 11.9 Å². The van der Waals surface area contributed by atoms with Gasteiger partial charge in [0, 0.05) is 5.56 Å². The van der Waals surface area contributed by atoms with Gasteiger partial charge in [-0.3, -0.25) is 0 Å². The molecule has 5 nitrogen and oxygen atoms in total. The molecule has 24 heavy (non-hydrogen) atoms. The van der Waals surface area contributed by atoms with Crippen LogP contribution in [-0.4, -0.2) is 23.5 Å². The Kier molecular flexibility index (Phi) is 5.41. The van der Waals surface area contributed by atoms with Crippen LogP contribution in [0.2, 0.25) is 0 Å². The number of rotatable bonds is 5. The van der Waals surface area contributed by atoms with E-state index in [-0.39, 0.29) is 5.75 Å².